The van der Waals surface area contributed by atoms with Gasteiger partial charge in [-0.1, -0.05) is 13.8 Å². The molecule has 0 radical (unpaired) electrons. The van der Waals surface area contributed by atoms with E-state index in [-0.39, 0.29) is 5.91 Å². The number of carbonyl (C=O) groups excluding carboxylic acids is 1. The van der Waals surface area contributed by atoms with E-state index in [2.05, 4.69) is 20.4 Å². The molecule has 2 heterocycles. The van der Waals surface area contributed by atoms with E-state index in [0.717, 1.165) is 0 Å². The maximum Gasteiger partial charge on any atom is 0.241 e. The van der Waals surface area contributed by atoms with Crippen molar-refractivity contribution in [3.05, 3.63) is 31.0 Å². The number of nitrogens with one attached hydrogen (secondary N) is 1. The smallest absolute Gasteiger partial charge is 0.241 e. The molecule has 0 aliphatic rings. The van der Waals surface area contributed by atoms with Crippen LogP contribution in [0.15, 0.2) is 31.0 Å². The molecule has 0 aliphatic carbocycles. The van der Waals surface area contributed by atoms with Crippen LogP contribution in [0.5, 0.6) is 0 Å². The van der Waals surface area contributed by atoms with Crippen LogP contribution in [0.2, 0.25) is 0 Å². The third kappa shape index (κ3) is 3.39. The largest absolute Gasteiger partial charge is 0.322 e. The lowest BCUT2D eigenvalue weighted by Gasteiger charge is -2.15. The van der Waals surface area contributed by atoms with E-state index in [1.54, 1.807) is 18.3 Å². The predicted octanol–water partition coefficient (Wildman–Crippen LogP) is 0.974. The minimum absolute atomic E-state index is 0.229. The number of hydrogen-bond acceptors (Lipinski definition) is 5. The summed E-state index contributed by atoms with van der Waals surface area (Å²) < 4.78 is 1.49. The van der Waals surface area contributed by atoms with Gasteiger partial charge in [0.2, 0.25) is 5.91 Å². The van der Waals surface area contributed by atoms with Gasteiger partial charge in [-0.2, -0.15) is 5.10 Å². The van der Waals surface area contributed by atoms with Crippen LogP contribution in [0, 0.1) is 5.92 Å². The van der Waals surface area contributed by atoms with E-state index in [1.165, 1.54) is 17.3 Å². The summed E-state index contributed by atoms with van der Waals surface area (Å²) in [4.78, 5) is 20.1. The number of nitrogens with zero attached hydrogens (tertiary/aromatic N) is 4. The fourth-order valence-corrected chi connectivity index (χ4v) is 1.84. The molecule has 0 spiro atoms. The Hall–Kier alpha value is -2.28. The van der Waals surface area contributed by atoms with Crippen LogP contribution in [0.25, 0.3) is 5.82 Å². The standard InChI is InChI=1S/C13H18N6O/c1-9(2)6-10(14)13(20)18-11-4-3-5-16-12(11)19-8-15-7-17-19/h3-5,7-10H,6,14H2,1-2H3,(H,18,20)/t10-/m1/s1. The number of anilines is 1. The predicted molar refractivity (Wildman–Crippen MR) is 75.2 cm³/mol. The molecule has 2 rings (SSSR count). The Kier molecular flexibility index (Phi) is 4.41. The number of carbonyl (C=O) groups is 1. The molecule has 2 aromatic heterocycles. The molecule has 3 N–H and O–H groups in total. The first-order valence-electron chi connectivity index (χ1n) is 6.44. The minimum atomic E-state index is -0.543. The van der Waals surface area contributed by atoms with Gasteiger partial charge in [0.15, 0.2) is 5.82 Å². The summed E-state index contributed by atoms with van der Waals surface area (Å²) in [6.45, 7) is 4.05. The summed E-state index contributed by atoms with van der Waals surface area (Å²) in [5.74, 6) is 0.641. The Labute approximate surface area is 117 Å². The number of nitrogens with two attached hydrogens (primary N) is 1. The second-order valence-electron chi connectivity index (χ2n) is 4.94. The van der Waals surface area contributed by atoms with Gasteiger partial charge in [0.1, 0.15) is 12.7 Å². The quantitative estimate of drug-likeness (QED) is 0.846. The fourth-order valence-electron chi connectivity index (χ4n) is 1.84. The number of aromatic nitrogens is 4. The molecule has 2 aromatic rings. The van der Waals surface area contributed by atoms with Crippen LogP contribution in [0.3, 0.4) is 0 Å². The van der Waals surface area contributed by atoms with Gasteiger partial charge >= 0.3 is 0 Å². The Morgan fingerprint density at radius 2 is 2.30 bits per heavy atom. The van der Waals surface area contributed by atoms with Crippen LogP contribution < -0.4 is 11.1 Å². The molecule has 0 bridgehead atoms. The van der Waals surface area contributed by atoms with Gasteiger partial charge in [-0.3, -0.25) is 4.79 Å². The number of pyridine rings is 1. The Balaban J connectivity index is 2.16. The fraction of sp³-hybridized carbons (Fsp3) is 0.385. The maximum atomic E-state index is 12.1. The maximum absolute atomic E-state index is 12.1. The first-order valence-corrected chi connectivity index (χ1v) is 6.44. The minimum Gasteiger partial charge on any atom is -0.322 e. The molecule has 1 atom stereocenters. The highest BCUT2D eigenvalue weighted by molar-refractivity contribution is 5.95. The van der Waals surface area contributed by atoms with Crippen molar-refractivity contribution in [2.75, 3.05) is 5.32 Å². The molecule has 106 valence electrons. The van der Waals surface area contributed by atoms with Crippen molar-refractivity contribution < 1.29 is 4.79 Å². The van der Waals surface area contributed by atoms with Gasteiger partial charge < -0.3 is 11.1 Å². The molecule has 20 heavy (non-hydrogen) atoms. The summed E-state index contributed by atoms with van der Waals surface area (Å²) in [5.41, 5.74) is 6.43. The lowest BCUT2D eigenvalue weighted by Crippen LogP contribution is -2.37. The monoisotopic (exact) mass is 274 g/mol. The van der Waals surface area contributed by atoms with Gasteiger partial charge in [0, 0.05) is 6.20 Å². The van der Waals surface area contributed by atoms with Crippen molar-refractivity contribution in [2.24, 2.45) is 11.7 Å². The molecule has 7 nitrogen and oxygen atoms in total. The average molecular weight is 274 g/mol. The van der Waals surface area contributed by atoms with E-state index in [9.17, 15) is 4.79 Å². The SMILES string of the molecule is CC(C)C[C@@H](N)C(=O)Nc1cccnc1-n1cncn1. The van der Waals surface area contributed by atoms with Gasteiger partial charge in [-0.25, -0.2) is 14.6 Å². The van der Waals surface area contributed by atoms with Crippen molar-refractivity contribution in [3.8, 4) is 5.82 Å². The number of amides is 1. The molecule has 0 saturated carbocycles. The normalized spacial score (nSPS) is 12.4. The lowest BCUT2D eigenvalue weighted by molar-refractivity contribution is -0.117. The Morgan fingerprint density at radius 3 is 2.95 bits per heavy atom. The average Bonchev–Trinajstić information content (AvgIpc) is 2.92. The van der Waals surface area contributed by atoms with Gasteiger partial charge in [-0.05, 0) is 24.5 Å². The summed E-state index contributed by atoms with van der Waals surface area (Å²) in [6, 6.07) is 2.95. The third-order valence-electron chi connectivity index (χ3n) is 2.74. The van der Waals surface area contributed by atoms with Gasteiger partial charge in [-0.15, -0.1) is 0 Å². The molecular formula is C13H18N6O. The summed E-state index contributed by atoms with van der Waals surface area (Å²) in [5, 5.41) is 6.80. The lowest BCUT2D eigenvalue weighted by atomic mass is 10.0. The zero-order chi connectivity index (χ0) is 14.5. The second-order valence-corrected chi connectivity index (χ2v) is 4.94. The Morgan fingerprint density at radius 1 is 1.50 bits per heavy atom. The molecule has 0 fully saturated rings. The summed E-state index contributed by atoms with van der Waals surface area (Å²) in [7, 11) is 0. The van der Waals surface area contributed by atoms with E-state index in [0.29, 0.717) is 23.8 Å². The zero-order valence-electron chi connectivity index (χ0n) is 11.5. The Bertz CT molecular complexity index is 566. The van der Waals surface area contributed by atoms with E-state index in [4.69, 9.17) is 5.73 Å². The zero-order valence-corrected chi connectivity index (χ0v) is 11.5. The highest BCUT2D eigenvalue weighted by atomic mass is 16.2. The third-order valence-corrected chi connectivity index (χ3v) is 2.74. The van der Waals surface area contributed by atoms with Crippen LogP contribution >= 0.6 is 0 Å². The van der Waals surface area contributed by atoms with Crippen LogP contribution in [-0.4, -0.2) is 31.7 Å². The molecule has 0 unspecified atom stereocenters. The summed E-state index contributed by atoms with van der Waals surface area (Å²) in [6.07, 6.45) is 5.18. The van der Waals surface area contributed by atoms with Gasteiger partial charge in [0.05, 0.1) is 11.7 Å². The molecule has 0 saturated heterocycles. The molecule has 7 heteroatoms. The van der Waals surface area contributed by atoms with E-state index < -0.39 is 6.04 Å². The van der Waals surface area contributed by atoms with Crippen molar-refractivity contribution in [2.45, 2.75) is 26.3 Å². The molecule has 1 amide bonds. The van der Waals surface area contributed by atoms with Crippen molar-refractivity contribution in [1.29, 1.82) is 0 Å². The molecule has 0 aromatic carbocycles. The highest BCUT2D eigenvalue weighted by Gasteiger charge is 2.17. The molecular weight excluding hydrogens is 256 g/mol. The van der Waals surface area contributed by atoms with E-state index in [1.807, 2.05) is 13.8 Å². The number of hydrogen-bond donors (Lipinski definition) is 2. The molecule has 0 aliphatic heterocycles. The first-order chi connectivity index (χ1) is 9.58. The number of rotatable bonds is 5. The van der Waals surface area contributed by atoms with Crippen LogP contribution in [0.4, 0.5) is 5.69 Å². The van der Waals surface area contributed by atoms with E-state index >= 15 is 0 Å². The van der Waals surface area contributed by atoms with Crippen LogP contribution in [0.1, 0.15) is 20.3 Å². The summed E-state index contributed by atoms with van der Waals surface area (Å²) >= 11 is 0. The topological polar surface area (TPSA) is 98.7 Å². The second kappa shape index (κ2) is 6.25. The van der Waals surface area contributed by atoms with Crippen molar-refractivity contribution in [1.82, 2.24) is 19.7 Å². The highest BCUT2D eigenvalue weighted by Crippen LogP contribution is 2.16. The van der Waals surface area contributed by atoms with Gasteiger partial charge in [0.25, 0.3) is 0 Å². The van der Waals surface area contributed by atoms with Crippen molar-refractivity contribution in [3.63, 3.8) is 0 Å². The first kappa shape index (κ1) is 14.1. The van der Waals surface area contributed by atoms with Crippen molar-refractivity contribution >= 4 is 11.6 Å². The van der Waals surface area contributed by atoms with Crippen LogP contribution in [-0.2, 0) is 4.79 Å².